The van der Waals surface area contributed by atoms with Crippen LogP contribution in [0.5, 0.6) is 11.5 Å². The van der Waals surface area contributed by atoms with Gasteiger partial charge in [-0.2, -0.15) is 0 Å². The lowest BCUT2D eigenvalue weighted by molar-refractivity contribution is 0.288. The Labute approximate surface area is 129 Å². The molecule has 0 unspecified atom stereocenters. The molecule has 0 amide bonds. The normalized spacial score (nSPS) is 13.9. The van der Waals surface area contributed by atoms with Crippen molar-refractivity contribution in [1.82, 2.24) is 0 Å². The van der Waals surface area contributed by atoms with Gasteiger partial charge in [0.25, 0.3) is 10.0 Å². The molecule has 2 aromatic carbocycles. The number of fused-ring (bicyclic) bond motifs is 1. The van der Waals surface area contributed by atoms with Gasteiger partial charge in [0.05, 0.1) is 18.6 Å². The molecule has 3 rings (SSSR count). The molecule has 1 N–H and O–H groups in total. The molecule has 116 valence electrons. The van der Waals surface area contributed by atoms with E-state index in [4.69, 9.17) is 9.47 Å². The van der Waals surface area contributed by atoms with E-state index in [0.717, 1.165) is 24.2 Å². The summed E-state index contributed by atoms with van der Waals surface area (Å²) in [5, 5.41) is 0. The highest BCUT2D eigenvalue weighted by molar-refractivity contribution is 7.92. The summed E-state index contributed by atoms with van der Waals surface area (Å²) in [4.78, 5) is 0.243. The number of aryl methyl sites for hydroxylation is 1. The number of hydrogen-bond donors (Lipinski definition) is 1. The van der Waals surface area contributed by atoms with E-state index in [2.05, 4.69) is 4.72 Å². The summed E-state index contributed by atoms with van der Waals surface area (Å²) in [6, 6.07) is 11.7. The van der Waals surface area contributed by atoms with Crippen LogP contribution in [0.25, 0.3) is 0 Å². The summed E-state index contributed by atoms with van der Waals surface area (Å²) in [7, 11) is -2.05. The summed E-state index contributed by atoms with van der Waals surface area (Å²) >= 11 is 0. The van der Waals surface area contributed by atoms with Gasteiger partial charge in [-0.3, -0.25) is 4.72 Å². The molecular formula is C16H17NO4S. The topological polar surface area (TPSA) is 64.6 Å². The number of hydrogen-bond acceptors (Lipinski definition) is 4. The zero-order valence-corrected chi connectivity index (χ0v) is 13.0. The van der Waals surface area contributed by atoms with Gasteiger partial charge in [-0.1, -0.05) is 0 Å². The second-order valence-corrected chi connectivity index (χ2v) is 6.74. The Morgan fingerprint density at radius 1 is 1.14 bits per heavy atom. The Morgan fingerprint density at radius 3 is 2.64 bits per heavy atom. The van der Waals surface area contributed by atoms with Crippen molar-refractivity contribution in [2.24, 2.45) is 0 Å². The monoisotopic (exact) mass is 319 g/mol. The third-order valence-corrected chi connectivity index (χ3v) is 4.91. The lowest BCUT2D eigenvalue weighted by Crippen LogP contribution is -2.15. The predicted molar refractivity (Wildman–Crippen MR) is 84.1 cm³/mol. The molecule has 0 fully saturated rings. The van der Waals surface area contributed by atoms with Gasteiger partial charge in [0.1, 0.15) is 11.5 Å². The minimum absolute atomic E-state index is 0.243. The van der Waals surface area contributed by atoms with Gasteiger partial charge in [-0.05, 0) is 60.9 Å². The van der Waals surface area contributed by atoms with Crippen LogP contribution in [0.3, 0.4) is 0 Å². The molecule has 0 aromatic heterocycles. The number of nitrogens with one attached hydrogen (secondary N) is 1. The fourth-order valence-corrected chi connectivity index (χ4v) is 3.49. The Morgan fingerprint density at radius 2 is 1.91 bits per heavy atom. The molecule has 22 heavy (non-hydrogen) atoms. The Hall–Kier alpha value is -2.21. The van der Waals surface area contributed by atoms with Crippen LogP contribution in [0.4, 0.5) is 5.69 Å². The van der Waals surface area contributed by atoms with E-state index in [-0.39, 0.29) is 4.90 Å². The van der Waals surface area contributed by atoms with Crippen LogP contribution >= 0.6 is 0 Å². The summed E-state index contributed by atoms with van der Waals surface area (Å²) in [6.07, 6.45) is 1.74. The van der Waals surface area contributed by atoms with Gasteiger partial charge in [-0.25, -0.2) is 8.42 Å². The molecule has 1 aliphatic heterocycles. The highest BCUT2D eigenvalue weighted by Gasteiger charge is 2.18. The molecule has 6 heteroatoms. The van der Waals surface area contributed by atoms with Crippen LogP contribution < -0.4 is 14.2 Å². The van der Waals surface area contributed by atoms with Gasteiger partial charge in [0.15, 0.2) is 0 Å². The van der Waals surface area contributed by atoms with Crippen LogP contribution in [-0.4, -0.2) is 22.1 Å². The first-order valence-electron chi connectivity index (χ1n) is 7.01. The fourth-order valence-electron chi connectivity index (χ4n) is 2.38. The van der Waals surface area contributed by atoms with Gasteiger partial charge >= 0.3 is 0 Å². The largest absolute Gasteiger partial charge is 0.497 e. The van der Waals surface area contributed by atoms with Gasteiger partial charge in [-0.15, -0.1) is 0 Å². The van der Waals surface area contributed by atoms with E-state index >= 15 is 0 Å². The van der Waals surface area contributed by atoms with E-state index in [1.165, 1.54) is 0 Å². The van der Waals surface area contributed by atoms with Crippen molar-refractivity contribution in [2.75, 3.05) is 18.4 Å². The predicted octanol–water partition coefficient (Wildman–Crippen LogP) is 2.82. The number of rotatable bonds is 4. The van der Waals surface area contributed by atoms with Gasteiger partial charge in [0.2, 0.25) is 0 Å². The molecule has 0 atom stereocenters. The van der Waals surface area contributed by atoms with Crippen molar-refractivity contribution in [2.45, 2.75) is 17.7 Å². The van der Waals surface area contributed by atoms with Crippen LogP contribution in [0, 0.1) is 0 Å². The minimum Gasteiger partial charge on any atom is -0.497 e. The molecule has 0 saturated heterocycles. The van der Waals surface area contributed by atoms with Crippen molar-refractivity contribution in [3.8, 4) is 11.5 Å². The molecule has 0 radical (unpaired) electrons. The lowest BCUT2D eigenvalue weighted by Gasteiger charge is -2.18. The third kappa shape index (κ3) is 3.01. The maximum absolute atomic E-state index is 12.5. The molecule has 0 bridgehead atoms. The summed E-state index contributed by atoms with van der Waals surface area (Å²) < 4.78 is 38.0. The van der Waals surface area contributed by atoms with Crippen LogP contribution in [0.1, 0.15) is 12.0 Å². The van der Waals surface area contributed by atoms with Crippen LogP contribution in [0.2, 0.25) is 0 Å². The van der Waals surface area contributed by atoms with Crippen molar-refractivity contribution in [3.05, 3.63) is 48.0 Å². The first-order chi connectivity index (χ1) is 10.6. The van der Waals surface area contributed by atoms with Crippen molar-refractivity contribution < 1.29 is 17.9 Å². The minimum atomic E-state index is -3.61. The van der Waals surface area contributed by atoms with Crippen molar-refractivity contribution >= 4 is 15.7 Å². The summed E-state index contributed by atoms with van der Waals surface area (Å²) in [5.41, 5.74) is 1.43. The van der Waals surface area contributed by atoms with Gasteiger partial charge < -0.3 is 9.47 Å². The zero-order valence-electron chi connectivity index (χ0n) is 12.2. The SMILES string of the molecule is COc1ccc(NS(=O)(=O)c2ccc3c(c2)CCCO3)cc1. The fraction of sp³-hybridized carbons (Fsp3) is 0.250. The smallest absolute Gasteiger partial charge is 0.261 e. The van der Waals surface area contributed by atoms with E-state index < -0.39 is 10.0 Å². The summed E-state index contributed by atoms with van der Waals surface area (Å²) in [6.45, 7) is 0.684. The van der Waals surface area contributed by atoms with Crippen LogP contribution in [0.15, 0.2) is 47.4 Å². The molecule has 1 aliphatic rings. The third-order valence-electron chi connectivity index (χ3n) is 3.53. The zero-order chi connectivity index (χ0) is 15.6. The van der Waals surface area contributed by atoms with Crippen molar-refractivity contribution in [1.29, 1.82) is 0 Å². The van der Waals surface area contributed by atoms with E-state index in [9.17, 15) is 8.42 Å². The molecule has 1 heterocycles. The first-order valence-corrected chi connectivity index (χ1v) is 8.49. The second-order valence-electron chi connectivity index (χ2n) is 5.06. The number of methoxy groups -OCH3 is 1. The standard InChI is InChI=1S/C16H17NO4S/c1-20-14-6-4-13(5-7-14)17-22(18,19)15-8-9-16-12(11-15)3-2-10-21-16/h4-9,11,17H,2-3,10H2,1H3. The number of ether oxygens (including phenoxy) is 2. The summed E-state index contributed by atoms with van der Waals surface area (Å²) in [5.74, 6) is 1.45. The molecule has 0 aliphatic carbocycles. The lowest BCUT2D eigenvalue weighted by atomic mass is 10.1. The Bertz CT molecular complexity index is 769. The number of benzene rings is 2. The molecule has 0 saturated carbocycles. The van der Waals surface area contributed by atoms with Crippen molar-refractivity contribution in [3.63, 3.8) is 0 Å². The molecular weight excluding hydrogens is 302 g/mol. The van der Waals surface area contributed by atoms with E-state index in [1.807, 2.05) is 0 Å². The average Bonchev–Trinajstić information content (AvgIpc) is 2.55. The van der Waals surface area contributed by atoms with E-state index in [1.54, 1.807) is 49.6 Å². The van der Waals surface area contributed by atoms with Crippen LogP contribution in [-0.2, 0) is 16.4 Å². The number of sulfonamides is 1. The van der Waals surface area contributed by atoms with E-state index in [0.29, 0.717) is 18.0 Å². The quantitative estimate of drug-likeness (QED) is 0.941. The Kier molecular flexibility index (Phi) is 3.94. The maximum Gasteiger partial charge on any atom is 0.261 e. The highest BCUT2D eigenvalue weighted by Crippen LogP contribution is 2.28. The molecule has 0 spiro atoms. The average molecular weight is 319 g/mol. The highest BCUT2D eigenvalue weighted by atomic mass is 32.2. The Balaban J connectivity index is 1.85. The molecule has 5 nitrogen and oxygen atoms in total. The maximum atomic E-state index is 12.5. The first kappa shape index (κ1) is 14.7. The number of anilines is 1. The van der Waals surface area contributed by atoms with Gasteiger partial charge in [0, 0.05) is 5.69 Å². The molecule has 2 aromatic rings. The second kappa shape index (κ2) is 5.88.